The summed E-state index contributed by atoms with van der Waals surface area (Å²) in [4.78, 5) is 21.7. The molecule has 0 bridgehead atoms. The van der Waals surface area contributed by atoms with E-state index in [1.54, 1.807) is 24.3 Å². The Balaban J connectivity index is 2.30. The maximum Gasteiger partial charge on any atom is 0.307 e. The quantitative estimate of drug-likeness (QED) is 0.629. The number of hydrogen-bond donors (Lipinski definition) is 0. The van der Waals surface area contributed by atoms with E-state index in [-0.39, 0.29) is 5.69 Å². The molecule has 1 aromatic carbocycles. The van der Waals surface area contributed by atoms with Gasteiger partial charge in [-0.25, -0.2) is 0 Å². The summed E-state index contributed by atoms with van der Waals surface area (Å²) in [5, 5.41) is 14.1. The van der Waals surface area contributed by atoms with Crippen LogP contribution in [0.15, 0.2) is 41.1 Å². The molecule has 0 atom stereocenters. The lowest BCUT2D eigenvalue weighted by molar-refractivity contribution is -0.384. The Bertz CT molecular complexity index is 577. The van der Waals surface area contributed by atoms with Gasteiger partial charge in [-0.1, -0.05) is 15.9 Å². The van der Waals surface area contributed by atoms with Gasteiger partial charge in [0, 0.05) is 10.0 Å². The number of benzene rings is 1. The van der Waals surface area contributed by atoms with Crippen molar-refractivity contribution in [1.82, 2.24) is 9.78 Å². The van der Waals surface area contributed by atoms with Crippen molar-refractivity contribution in [1.29, 1.82) is 0 Å². The smallest absolute Gasteiger partial charge is 0.267 e. The molecule has 0 saturated carbocycles. The standard InChI is InChI=1S/C10H6BrN3O3/c11-8-3-1-7(2-4-8)10(15)13-6-9(5-12-13)14(16)17/h1-6H. The molecule has 0 aliphatic carbocycles. The summed E-state index contributed by atoms with van der Waals surface area (Å²) < 4.78 is 1.79. The second-order valence-corrected chi connectivity index (χ2v) is 4.13. The second kappa shape index (κ2) is 4.46. The summed E-state index contributed by atoms with van der Waals surface area (Å²) in [6.45, 7) is 0. The highest BCUT2D eigenvalue weighted by Crippen LogP contribution is 2.13. The van der Waals surface area contributed by atoms with Crippen LogP contribution in [0.25, 0.3) is 0 Å². The third kappa shape index (κ3) is 2.39. The first-order chi connectivity index (χ1) is 8.08. The van der Waals surface area contributed by atoms with Crippen LogP contribution in [0, 0.1) is 10.1 Å². The van der Waals surface area contributed by atoms with Gasteiger partial charge in [-0.15, -0.1) is 0 Å². The third-order valence-electron chi connectivity index (χ3n) is 2.08. The normalized spacial score (nSPS) is 10.2. The van der Waals surface area contributed by atoms with Gasteiger partial charge < -0.3 is 0 Å². The van der Waals surface area contributed by atoms with Gasteiger partial charge in [0.2, 0.25) is 0 Å². The van der Waals surface area contributed by atoms with E-state index in [2.05, 4.69) is 21.0 Å². The minimum atomic E-state index is -0.599. The van der Waals surface area contributed by atoms with Crippen LogP contribution in [0.3, 0.4) is 0 Å². The Morgan fingerprint density at radius 1 is 1.35 bits per heavy atom. The molecule has 0 N–H and O–H groups in total. The summed E-state index contributed by atoms with van der Waals surface area (Å²) in [5.74, 6) is -0.411. The highest BCUT2D eigenvalue weighted by molar-refractivity contribution is 9.10. The first-order valence-electron chi connectivity index (χ1n) is 4.57. The maximum absolute atomic E-state index is 11.9. The largest absolute Gasteiger partial charge is 0.307 e. The third-order valence-corrected chi connectivity index (χ3v) is 2.61. The molecule has 1 heterocycles. The number of halogens is 1. The van der Waals surface area contributed by atoms with Gasteiger partial charge in [0.15, 0.2) is 0 Å². The average Bonchev–Trinajstić information content (AvgIpc) is 2.78. The van der Waals surface area contributed by atoms with Crippen molar-refractivity contribution in [2.24, 2.45) is 0 Å². The van der Waals surface area contributed by atoms with Gasteiger partial charge in [0.05, 0.1) is 4.92 Å². The molecule has 6 nitrogen and oxygen atoms in total. The molecule has 0 amide bonds. The van der Waals surface area contributed by atoms with E-state index >= 15 is 0 Å². The molecular weight excluding hydrogens is 290 g/mol. The molecule has 7 heteroatoms. The van der Waals surface area contributed by atoms with E-state index < -0.39 is 10.8 Å². The molecule has 1 aromatic heterocycles. The Hall–Kier alpha value is -2.02. The van der Waals surface area contributed by atoms with Crippen molar-refractivity contribution >= 4 is 27.5 Å². The fourth-order valence-corrected chi connectivity index (χ4v) is 1.51. The molecule has 2 aromatic rings. The van der Waals surface area contributed by atoms with Gasteiger partial charge >= 0.3 is 5.69 Å². The summed E-state index contributed by atoms with van der Waals surface area (Å²) in [6.07, 6.45) is 2.13. The monoisotopic (exact) mass is 295 g/mol. The second-order valence-electron chi connectivity index (χ2n) is 3.21. The number of hydrogen-bond acceptors (Lipinski definition) is 4. The summed E-state index contributed by atoms with van der Waals surface area (Å²) in [6, 6.07) is 6.65. The van der Waals surface area contributed by atoms with Crippen LogP contribution in [-0.2, 0) is 0 Å². The van der Waals surface area contributed by atoms with Crippen LogP contribution in [0.5, 0.6) is 0 Å². The first kappa shape index (κ1) is 11.5. The minimum absolute atomic E-state index is 0.213. The molecule has 0 fully saturated rings. The lowest BCUT2D eigenvalue weighted by atomic mass is 10.2. The van der Waals surface area contributed by atoms with Crippen LogP contribution in [0.4, 0.5) is 5.69 Å². The predicted molar refractivity (Wildman–Crippen MR) is 62.8 cm³/mol. The van der Waals surface area contributed by atoms with Crippen LogP contribution >= 0.6 is 15.9 Å². The highest BCUT2D eigenvalue weighted by Gasteiger charge is 2.14. The van der Waals surface area contributed by atoms with Gasteiger partial charge in [-0.05, 0) is 24.3 Å². The molecule has 0 saturated heterocycles. The van der Waals surface area contributed by atoms with Crippen molar-refractivity contribution in [3.8, 4) is 0 Å². The van der Waals surface area contributed by atoms with Crippen molar-refractivity contribution < 1.29 is 9.72 Å². The fourth-order valence-electron chi connectivity index (χ4n) is 1.24. The van der Waals surface area contributed by atoms with Crippen LogP contribution in [0.1, 0.15) is 10.4 Å². The number of carbonyl (C=O) groups is 1. The molecule has 0 aliphatic rings. The maximum atomic E-state index is 11.9. The van der Waals surface area contributed by atoms with Gasteiger partial charge in [-0.3, -0.25) is 14.9 Å². The van der Waals surface area contributed by atoms with Crippen LogP contribution in [0.2, 0.25) is 0 Å². The van der Waals surface area contributed by atoms with E-state index in [0.29, 0.717) is 5.56 Å². The fraction of sp³-hybridized carbons (Fsp3) is 0. The Morgan fingerprint density at radius 2 is 2.00 bits per heavy atom. The lowest BCUT2D eigenvalue weighted by Crippen LogP contribution is -2.12. The van der Waals surface area contributed by atoms with Crippen LogP contribution < -0.4 is 0 Å². The molecule has 0 unspecified atom stereocenters. The number of aromatic nitrogens is 2. The van der Waals surface area contributed by atoms with Crippen molar-refractivity contribution in [2.75, 3.05) is 0 Å². The van der Waals surface area contributed by atoms with E-state index in [1.165, 1.54) is 0 Å². The molecular formula is C10H6BrN3O3. The zero-order chi connectivity index (χ0) is 12.4. The van der Waals surface area contributed by atoms with E-state index in [9.17, 15) is 14.9 Å². The zero-order valence-electron chi connectivity index (χ0n) is 8.41. The van der Waals surface area contributed by atoms with Gasteiger partial charge in [0.25, 0.3) is 5.91 Å². The molecule has 2 rings (SSSR count). The van der Waals surface area contributed by atoms with E-state index in [1.807, 2.05) is 0 Å². The SMILES string of the molecule is O=C(c1ccc(Br)cc1)n1cc([N+](=O)[O-])cn1. The lowest BCUT2D eigenvalue weighted by Gasteiger charge is -1.99. The van der Waals surface area contributed by atoms with Crippen molar-refractivity contribution in [3.63, 3.8) is 0 Å². The number of nitro groups is 1. The van der Waals surface area contributed by atoms with E-state index in [4.69, 9.17) is 0 Å². The van der Waals surface area contributed by atoms with Gasteiger partial charge in [0.1, 0.15) is 12.4 Å². The van der Waals surface area contributed by atoms with Crippen molar-refractivity contribution in [3.05, 3.63) is 56.8 Å². The Labute approximate surface area is 104 Å². The molecule has 86 valence electrons. The molecule has 0 aliphatic heterocycles. The average molecular weight is 296 g/mol. The molecule has 0 radical (unpaired) electrons. The first-order valence-corrected chi connectivity index (χ1v) is 5.36. The summed E-state index contributed by atoms with van der Waals surface area (Å²) in [5.41, 5.74) is 0.196. The topological polar surface area (TPSA) is 78.0 Å². The number of carbonyl (C=O) groups excluding carboxylic acids is 1. The summed E-state index contributed by atoms with van der Waals surface area (Å²) >= 11 is 3.25. The predicted octanol–water partition coefficient (Wildman–Crippen LogP) is 2.24. The molecule has 17 heavy (non-hydrogen) atoms. The highest BCUT2D eigenvalue weighted by atomic mass is 79.9. The van der Waals surface area contributed by atoms with Crippen molar-refractivity contribution in [2.45, 2.75) is 0 Å². The van der Waals surface area contributed by atoms with Gasteiger partial charge in [-0.2, -0.15) is 9.78 Å². The molecule has 0 spiro atoms. The van der Waals surface area contributed by atoms with E-state index in [0.717, 1.165) is 21.5 Å². The minimum Gasteiger partial charge on any atom is -0.267 e. The number of rotatable bonds is 2. The zero-order valence-corrected chi connectivity index (χ0v) is 9.99. The van der Waals surface area contributed by atoms with Crippen LogP contribution in [-0.4, -0.2) is 20.6 Å². The summed E-state index contributed by atoms with van der Waals surface area (Å²) in [7, 11) is 0. The number of nitrogens with zero attached hydrogens (tertiary/aromatic N) is 3. The Kier molecular flexibility index (Phi) is 3.01. The Morgan fingerprint density at radius 3 is 2.53 bits per heavy atom.